The second-order valence-corrected chi connectivity index (χ2v) is 16.0. The van der Waals surface area contributed by atoms with Crippen molar-refractivity contribution in [2.24, 2.45) is 0 Å². The third kappa shape index (κ3) is 28.4. The summed E-state index contributed by atoms with van der Waals surface area (Å²) in [5.74, 6) is -2.33. The van der Waals surface area contributed by atoms with E-state index in [1.807, 2.05) is 0 Å². The average molecular weight is 1000 g/mol. The fourth-order valence-electron chi connectivity index (χ4n) is 6.95. The van der Waals surface area contributed by atoms with E-state index in [4.69, 9.17) is 61.6 Å². The van der Waals surface area contributed by atoms with Crippen molar-refractivity contribution in [1.82, 2.24) is 10.2 Å². The van der Waals surface area contributed by atoms with E-state index in [-0.39, 0.29) is 36.5 Å². The predicted molar refractivity (Wildman–Crippen MR) is 255 cm³/mol. The van der Waals surface area contributed by atoms with Crippen LogP contribution in [0.3, 0.4) is 0 Å². The monoisotopic (exact) mass is 1000 g/mol. The van der Waals surface area contributed by atoms with Gasteiger partial charge in [-0.1, -0.05) is 51.5 Å². The lowest BCUT2D eigenvalue weighted by molar-refractivity contribution is -0.145. The van der Waals surface area contributed by atoms with E-state index in [1.54, 1.807) is 18.2 Å². The Hall–Kier alpha value is -3.71. The molecular weight excluding hydrogens is 919 g/mol. The van der Waals surface area contributed by atoms with Crippen molar-refractivity contribution in [2.75, 3.05) is 177 Å². The van der Waals surface area contributed by atoms with Crippen LogP contribution in [0.15, 0.2) is 18.2 Å². The normalized spacial score (nSPS) is 14.7. The number of nitrogens with zero attached hydrogens (tertiary/aromatic N) is 1. The molecule has 2 N–H and O–H groups in total. The number of carbonyl (C=O) groups is 5. The molecule has 0 aromatic heterocycles. The van der Waals surface area contributed by atoms with Crippen LogP contribution >= 0.6 is 0 Å². The minimum absolute atomic E-state index is 0.0616. The predicted octanol–water partition coefficient (Wildman–Crippen LogP) is 3.38. The highest BCUT2D eigenvalue weighted by Gasteiger charge is 2.45. The summed E-state index contributed by atoms with van der Waals surface area (Å²) in [7, 11) is 0. The molecule has 1 aromatic rings. The van der Waals surface area contributed by atoms with Crippen molar-refractivity contribution in [3.05, 3.63) is 29.3 Å². The first-order valence-electron chi connectivity index (χ1n) is 25.1. The van der Waals surface area contributed by atoms with Gasteiger partial charge in [0.1, 0.15) is 12.6 Å². The Morgan fingerprint density at radius 3 is 1.36 bits per heavy atom. The third-order valence-electron chi connectivity index (χ3n) is 10.6. The van der Waals surface area contributed by atoms with Crippen molar-refractivity contribution in [2.45, 2.75) is 77.2 Å². The molecule has 70 heavy (non-hydrogen) atoms. The highest BCUT2D eigenvalue weighted by atomic mass is 16.6. The molecule has 0 aliphatic carbocycles. The summed E-state index contributed by atoms with van der Waals surface area (Å²) in [6.45, 7) is 13.4. The lowest BCUT2D eigenvalue weighted by Crippen LogP contribution is -2.54. The third-order valence-corrected chi connectivity index (χ3v) is 10.6. The molecule has 21 nitrogen and oxygen atoms in total. The van der Waals surface area contributed by atoms with Crippen molar-refractivity contribution in [3.63, 3.8) is 0 Å². The molecule has 2 aliphatic heterocycles. The molecule has 0 saturated carbocycles. The molecule has 400 valence electrons. The number of esters is 1. The maximum atomic E-state index is 13.2. The SMILES string of the molecule is CCCCCCCCCC(=O)OCCOCCOCCOCCOCCOCCOCCOCCOCCOCCOCCOCCOCCNc1cccc2c1C(=O)N(C1CCC(=O)NC1=O)C2=O. The Labute approximate surface area is 413 Å². The second-order valence-electron chi connectivity index (χ2n) is 16.0. The molecule has 1 fully saturated rings. The van der Waals surface area contributed by atoms with Crippen LogP contribution in [0.1, 0.15) is 91.8 Å². The molecule has 2 heterocycles. The fraction of sp³-hybridized carbons (Fsp3) is 0.776. The Morgan fingerprint density at radius 1 is 0.529 bits per heavy atom. The minimum Gasteiger partial charge on any atom is -0.463 e. The number of piperidine rings is 1. The number of hydrogen-bond acceptors (Lipinski definition) is 19. The summed E-state index contributed by atoms with van der Waals surface area (Å²) in [5.41, 5.74) is 0.896. The van der Waals surface area contributed by atoms with E-state index >= 15 is 0 Å². The number of amides is 4. The van der Waals surface area contributed by atoms with Crippen LogP contribution in [-0.4, -0.2) is 212 Å². The van der Waals surface area contributed by atoms with Gasteiger partial charge in [0, 0.05) is 25.1 Å². The van der Waals surface area contributed by atoms with E-state index in [0.29, 0.717) is 177 Å². The number of benzene rings is 1. The first kappa shape index (κ1) is 60.6. The van der Waals surface area contributed by atoms with Crippen molar-refractivity contribution < 1.29 is 85.6 Å². The Bertz CT molecular complexity index is 1560. The Kier molecular flexibility index (Phi) is 36.2. The smallest absolute Gasteiger partial charge is 0.305 e. The number of unbranched alkanes of at least 4 members (excludes halogenated alkanes) is 6. The molecule has 1 saturated heterocycles. The lowest BCUT2D eigenvalue weighted by atomic mass is 10.0. The van der Waals surface area contributed by atoms with E-state index in [2.05, 4.69) is 17.6 Å². The molecular formula is C49H81N3O18. The van der Waals surface area contributed by atoms with Gasteiger partial charge in [0.25, 0.3) is 11.8 Å². The Balaban J connectivity index is 0.935. The van der Waals surface area contributed by atoms with Crippen LogP contribution in [0, 0.1) is 0 Å². The molecule has 1 aromatic carbocycles. The highest BCUT2D eigenvalue weighted by molar-refractivity contribution is 6.25. The topological polar surface area (TPSA) is 233 Å². The van der Waals surface area contributed by atoms with Crippen molar-refractivity contribution in [1.29, 1.82) is 0 Å². The maximum Gasteiger partial charge on any atom is 0.305 e. The fourth-order valence-corrected chi connectivity index (χ4v) is 6.95. The molecule has 1 unspecified atom stereocenters. The van der Waals surface area contributed by atoms with Gasteiger partial charge in [0.2, 0.25) is 11.8 Å². The van der Waals surface area contributed by atoms with Crippen LogP contribution in [0.2, 0.25) is 0 Å². The zero-order valence-corrected chi connectivity index (χ0v) is 41.6. The highest BCUT2D eigenvalue weighted by Crippen LogP contribution is 2.32. The van der Waals surface area contributed by atoms with Gasteiger partial charge in [-0.15, -0.1) is 0 Å². The van der Waals surface area contributed by atoms with E-state index in [0.717, 1.165) is 17.7 Å². The number of imide groups is 2. The van der Waals surface area contributed by atoms with Gasteiger partial charge in [-0.05, 0) is 25.0 Å². The number of ether oxygens (including phenoxy) is 13. The first-order chi connectivity index (χ1) is 34.4. The van der Waals surface area contributed by atoms with E-state index in [9.17, 15) is 24.0 Å². The van der Waals surface area contributed by atoms with Crippen LogP contribution < -0.4 is 10.6 Å². The van der Waals surface area contributed by atoms with Gasteiger partial charge in [-0.2, -0.15) is 0 Å². The number of rotatable bonds is 49. The maximum absolute atomic E-state index is 13.2. The number of hydrogen-bond donors (Lipinski definition) is 2. The molecule has 21 heteroatoms. The molecule has 2 aliphatic rings. The molecule has 1 atom stereocenters. The summed E-state index contributed by atoms with van der Waals surface area (Å²) < 4.78 is 71.3. The molecule has 4 amide bonds. The van der Waals surface area contributed by atoms with Gasteiger partial charge in [-0.25, -0.2) is 0 Å². The molecule has 0 radical (unpaired) electrons. The molecule has 3 rings (SSSR count). The zero-order valence-electron chi connectivity index (χ0n) is 41.6. The van der Waals surface area contributed by atoms with Crippen LogP contribution in [-0.2, 0) is 76.0 Å². The van der Waals surface area contributed by atoms with Gasteiger partial charge < -0.3 is 66.9 Å². The standard InChI is InChI=1S/C49H81N3O18/c1-2-3-4-5-6-7-8-12-45(54)70-40-39-69-38-37-68-36-35-67-34-33-66-32-31-65-30-29-64-28-27-63-26-25-62-24-23-61-22-21-60-20-19-59-18-17-58-16-15-50-42-11-9-10-41-46(42)49(57)52(48(41)56)43-13-14-44(53)51-47(43)55/h9-11,43,50H,2-8,12-40H2,1H3,(H,51,53,55). The second kappa shape index (κ2) is 41.9. The summed E-state index contributed by atoms with van der Waals surface area (Å²) >= 11 is 0. The minimum atomic E-state index is -1.02. The van der Waals surface area contributed by atoms with Gasteiger partial charge >= 0.3 is 5.97 Å². The number of anilines is 1. The van der Waals surface area contributed by atoms with Gasteiger partial charge in [-0.3, -0.25) is 34.2 Å². The largest absolute Gasteiger partial charge is 0.463 e. The Morgan fingerprint density at radius 2 is 0.929 bits per heavy atom. The van der Waals surface area contributed by atoms with Crippen LogP contribution in [0.5, 0.6) is 0 Å². The van der Waals surface area contributed by atoms with Crippen LogP contribution in [0.4, 0.5) is 5.69 Å². The summed E-state index contributed by atoms with van der Waals surface area (Å²) in [5, 5.41) is 5.33. The van der Waals surface area contributed by atoms with E-state index < -0.39 is 29.7 Å². The number of nitrogens with one attached hydrogen (secondary N) is 2. The number of fused-ring (bicyclic) bond motifs is 1. The number of carbonyl (C=O) groups excluding carboxylic acids is 5. The quantitative estimate of drug-likeness (QED) is 0.0541. The van der Waals surface area contributed by atoms with E-state index in [1.165, 1.54) is 32.1 Å². The van der Waals surface area contributed by atoms with Gasteiger partial charge in [0.05, 0.1) is 170 Å². The molecule has 0 bridgehead atoms. The van der Waals surface area contributed by atoms with Crippen LogP contribution in [0.25, 0.3) is 0 Å². The summed E-state index contributed by atoms with van der Waals surface area (Å²) in [6.07, 6.45) is 8.87. The molecule has 0 spiro atoms. The van der Waals surface area contributed by atoms with Gasteiger partial charge in [0.15, 0.2) is 0 Å². The summed E-state index contributed by atoms with van der Waals surface area (Å²) in [4.78, 5) is 62.7. The summed E-state index contributed by atoms with van der Waals surface area (Å²) in [6, 6.07) is 3.89. The van der Waals surface area contributed by atoms with Crippen molar-refractivity contribution >= 4 is 35.3 Å². The average Bonchev–Trinajstić information content (AvgIpc) is 3.61. The lowest BCUT2D eigenvalue weighted by Gasteiger charge is -2.27. The first-order valence-corrected chi connectivity index (χ1v) is 25.1. The van der Waals surface area contributed by atoms with Crippen molar-refractivity contribution in [3.8, 4) is 0 Å². The zero-order chi connectivity index (χ0) is 50.0.